The van der Waals surface area contributed by atoms with Gasteiger partial charge in [-0.1, -0.05) is 6.07 Å². The summed E-state index contributed by atoms with van der Waals surface area (Å²) in [6.07, 6.45) is -3.11. The molecule has 1 aliphatic carbocycles. The number of aromatic nitrogens is 1. The van der Waals surface area contributed by atoms with Gasteiger partial charge in [0.2, 0.25) is 10.0 Å². The van der Waals surface area contributed by atoms with Gasteiger partial charge in [-0.05, 0) is 48.2 Å². The quantitative estimate of drug-likeness (QED) is 0.641. The van der Waals surface area contributed by atoms with Crippen LogP contribution in [0.25, 0.3) is 0 Å². The minimum absolute atomic E-state index is 0.0146. The van der Waals surface area contributed by atoms with Crippen molar-refractivity contribution in [3.63, 3.8) is 0 Å². The zero-order valence-corrected chi connectivity index (χ0v) is 18.4. The lowest BCUT2D eigenvalue weighted by atomic mass is 10.0. The predicted molar refractivity (Wildman–Crippen MR) is 112 cm³/mol. The Labute approximate surface area is 192 Å². The first-order chi connectivity index (χ1) is 15.9. The number of piperazine rings is 1. The molecule has 1 fully saturated rings. The molecule has 0 spiro atoms. The minimum Gasteiger partial charge on any atom is -0.481 e. The third-order valence-corrected chi connectivity index (χ3v) is 7.99. The van der Waals surface area contributed by atoms with E-state index < -0.39 is 52.2 Å². The summed E-state index contributed by atoms with van der Waals surface area (Å²) in [6.45, 7) is -0.703. The molecule has 1 aromatic heterocycles. The van der Waals surface area contributed by atoms with Crippen LogP contribution in [0.3, 0.4) is 0 Å². The molecule has 0 bridgehead atoms. The smallest absolute Gasteiger partial charge is 0.417 e. The van der Waals surface area contributed by atoms with E-state index in [4.69, 9.17) is 0 Å². The van der Waals surface area contributed by atoms with Crippen molar-refractivity contribution in [3.05, 3.63) is 53.2 Å². The number of anilines is 1. The summed E-state index contributed by atoms with van der Waals surface area (Å²) in [6, 6.07) is 4.73. The molecule has 2 aromatic rings. The number of fused-ring (bicyclic) bond motifs is 1. The van der Waals surface area contributed by atoms with Gasteiger partial charge in [0, 0.05) is 25.8 Å². The van der Waals surface area contributed by atoms with Gasteiger partial charge >= 0.3 is 18.1 Å². The molecular weight excluding hydrogens is 479 g/mol. The van der Waals surface area contributed by atoms with Crippen molar-refractivity contribution in [2.45, 2.75) is 35.9 Å². The molecule has 13 heteroatoms. The number of aliphatic carboxylic acids is 2. The number of hydrogen-bond donors (Lipinski definition) is 2. The molecule has 9 nitrogen and oxygen atoms in total. The van der Waals surface area contributed by atoms with Gasteiger partial charge in [0.1, 0.15) is 11.9 Å². The molecule has 2 atom stereocenters. The lowest BCUT2D eigenvalue weighted by Crippen LogP contribution is -2.58. The van der Waals surface area contributed by atoms with Crippen LogP contribution in [0.4, 0.5) is 19.0 Å². The number of nitrogens with zero attached hydrogens (tertiary/aromatic N) is 3. The number of hydrogen-bond acceptors (Lipinski definition) is 6. The second-order valence-electron chi connectivity index (χ2n) is 8.10. The summed E-state index contributed by atoms with van der Waals surface area (Å²) in [5.74, 6) is -3.22. The third-order valence-electron chi connectivity index (χ3n) is 6.13. The number of carboxylic acids is 2. The molecule has 1 saturated heterocycles. The molecule has 0 radical (unpaired) electrons. The summed E-state index contributed by atoms with van der Waals surface area (Å²) < 4.78 is 65.9. The fourth-order valence-corrected chi connectivity index (χ4v) is 5.81. The number of benzene rings is 1. The zero-order valence-electron chi connectivity index (χ0n) is 17.6. The van der Waals surface area contributed by atoms with Crippen LogP contribution in [-0.2, 0) is 32.2 Å². The molecule has 0 saturated carbocycles. The number of carbonyl (C=O) groups is 2. The monoisotopic (exact) mass is 499 g/mol. The number of rotatable bonds is 5. The number of pyridine rings is 1. The van der Waals surface area contributed by atoms with Crippen LogP contribution in [0, 0.1) is 0 Å². The Morgan fingerprint density at radius 2 is 1.79 bits per heavy atom. The normalized spacial score (nSPS) is 21.3. The molecule has 2 aliphatic rings. The maximum Gasteiger partial charge on any atom is 0.417 e. The summed E-state index contributed by atoms with van der Waals surface area (Å²) in [7, 11) is -4.15. The molecule has 4 rings (SSSR count). The van der Waals surface area contributed by atoms with E-state index in [0.717, 1.165) is 22.0 Å². The number of aryl methyl sites for hydroxylation is 1. The molecule has 182 valence electrons. The lowest BCUT2D eigenvalue weighted by molar-refractivity contribution is -0.140. The van der Waals surface area contributed by atoms with E-state index in [1.807, 2.05) is 0 Å². The van der Waals surface area contributed by atoms with Gasteiger partial charge in [0.15, 0.2) is 0 Å². The fourth-order valence-electron chi connectivity index (χ4n) is 4.33. The molecule has 2 heterocycles. The Morgan fingerprint density at radius 1 is 1.06 bits per heavy atom. The summed E-state index contributed by atoms with van der Waals surface area (Å²) >= 11 is 0. The Balaban J connectivity index is 1.59. The molecule has 1 aromatic carbocycles. The van der Waals surface area contributed by atoms with E-state index in [1.165, 1.54) is 17.0 Å². The topological polar surface area (TPSA) is 128 Å². The van der Waals surface area contributed by atoms with Crippen molar-refractivity contribution in [2.75, 3.05) is 24.5 Å². The van der Waals surface area contributed by atoms with Crippen LogP contribution in [0.15, 0.2) is 41.4 Å². The summed E-state index contributed by atoms with van der Waals surface area (Å²) in [5.41, 5.74) is 0.199. The SMILES string of the molecule is O=C(O)C1CCc2ccc(S(=O)(=O)N3CCN(c4ccc(C(F)(F)F)cn4)[C@H](C(=O)O)C3)cc21. The van der Waals surface area contributed by atoms with Gasteiger partial charge in [-0.2, -0.15) is 17.5 Å². The highest BCUT2D eigenvalue weighted by Gasteiger charge is 2.40. The van der Waals surface area contributed by atoms with Crippen molar-refractivity contribution in [1.29, 1.82) is 0 Å². The van der Waals surface area contributed by atoms with E-state index in [9.17, 15) is 41.4 Å². The van der Waals surface area contributed by atoms with Gasteiger partial charge in [-0.15, -0.1) is 0 Å². The van der Waals surface area contributed by atoms with Crippen LogP contribution in [0.2, 0.25) is 0 Å². The van der Waals surface area contributed by atoms with Crippen LogP contribution in [0.1, 0.15) is 29.0 Å². The Morgan fingerprint density at radius 3 is 2.38 bits per heavy atom. The number of halogens is 3. The maximum absolute atomic E-state index is 13.3. The highest BCUT2D eigenvalue weighted by atomic mass is 32.2. The lowest BCUT2D eigenvalue weighted by Gasteiger charge is -2.39. The zero-order chi connectivity index (χ0) is 24.8. The van der Waals surface area contributed by atoms with Crippen molar-refractivity contribution in [1.82, 2.24) is 9.29 Å². The first kappa shape index (κ1) is 24.0. The largest absolute Gasteiger partial charge is 0.481 e. The first-order valence-corrected chi connectivity index (χ1v) is 11.7. The summed E-state index contributed by atoms with van der Waals surface area (Å²) in [4.78, 5) is 28.2. The third kappa shape index (κ3) is 4.32. The van der Waals surface area contributed by atoms with E-state index in [2.05, 4.69) is 4.98 Å². The second-order valence-corrected chi connectivity index (χ2v) is 10.0. The predicted octanol–water partition coefficient (Wildman–Crippen LogP) is 2.18. The Hall–Kier alpha value is -3.19. The highest BCUT2D eigenvalue weighted by molar-refractivity contribution is 7.89. The minimum atomic E-state index is -4.60. The molecule has 1 aliphatic heterocycles. The van der Waals surface area contributed by atoms with Crippen molar-refractivity contribution in [2.24, 2.45) is 0 Å². The van der Waals surface area contributed by atoms with Gasteiger partial charge in [-0.25, -0.2) is 18.2 Å². The number of alkyl halides is 3. The maximum atomic E-state index is 13.3. The second kappa shape index (κ2) is 8.55. The van der Waals surface area contributed by atoms with Crippen molar-refractivity contribution < 1.29 is 41.4 Å². The molecule has 2 N–H and O–H groups in total. The van der Waals surface area contributed by atoms with Gasteiger partial charge in [0.05, 0.1) is 16.4 Å². The fraction of sp³-hybridized carbons (Fsp3) is 0.381. The molecule has 1 unspecified atom stereocenters. The number of carboxylic acid groups (broad SMARTS) is 2. The van der Waals surface area contributed by atoms with E-state index in [-0.39, 0.29) is 23.8 Å². The van der Waals surface area contributed by atoms with Crippen molar-refractivity contribution in [3.8, 4) is 0 Å². The van der Waals surface area contributed by atoms with Gasteiger partial charge in [-0.3, -0.25) is 4.79 Å². The number of sulfonamides is 1. The Bertz CT molecular complexity index is 1230. The van der Waals surface area contributed by atoms with Gasteiger partial charge < -0.3 is 15.1 Å². The molecule has 0 amide bonds. The standard InChI is InChI=1S/C21H20F3N3O6S/c22-21(23,24)13-3-6-18(25-10-13)27-8-7-26(11-17(27)20(30)31)34(32,33)14-4-1-12-2-5-15(19(28)29)16(12)9-14/h1,3-4,6,9-10,15,17H,2,5,7-8,11H2,(H,28,29)(H,30,31)/t15?,17-/m0/s1. The van der Waals surface area contributed by atoms with E-state index in [1.54, 1.807) is 6.07 Å². The van der Waals surface area contributed by atoms with Crippen LogP contribution in [-0.4, -0.2) is 65.5 Å². The summed E-state index contributed by atoms with van der Waals surface area (Å²) in [5, 5.41) is 19.1. The van der Waals surface area contributed by atoms with Gasteiger partial charge in [0.25, 0.3) is 0 Å². The van der Waals surface area contributed by atoms with Crippen LogP contribution >= 0.6 is 0 Å². The Kier molecular flexibility index (Phi) is 6.02. The van der Waals surface area contributed by atoms with E-state index in [0.29, 0.717) is 24.6 Å². The first-order valence-electron chi connectivity index (χ1n) is 10.3. The van der Waals surface area contributed by atoms with Crippen LogP contribution < -0.4 is 4.90 Å². The average Bonchev–Trinajstić information content (AvgIpc) is 3.22. The average molecular weight is 499 g/mol. The molecular formula is C21H20F3N3O6S. The van der Waals surface area contributed by atoms with Crippen molar-refractivity contribution >= 4 is 27.8 Å². The van der Waals surface area contributed by atoms with Crippen LogP contribution in [0.5, 0.6) is 0 Å². The highest BCUT2D eigenvalue weighted by Crippen LogP contribution is 2.36. The van der Waals surface area contributed by atoms with E-state index >= 15 is 0 Å². The molecule has 34 heavy (non-hydrogen) atoms.